The fraction of sp³-hybridized carbons (Fsp3) is 0.321. The van der Waals surface area contributed by atoms with E-state index in [-0.39, 0.29) is 18.6 Å². The minimum Gasteiger partial charge on any atom is -0.492 e. The molecule has 0 fully saturated rings. The molecule has 3 aromatic carbocycles. The highest BCUT2D eigenvalue weighted by molar-refractivity contribution is 7.92. The monoisotopic (exact) mass is 510 g/mol. The summed E-state index contributed by atoms with van der Waals surface area (Å²) < 4.78 is 37.8. The second-order valence-corrected chi connectivity index (χ2v) is 10.6. The first-order chi connectivity index (χ1) is 17.2. The number of hydrogen-bond donors (Lipinski definition) is 1. The van der Waals surface area contributed by atoms with Gasteiger partial charge < -0.3 is 14.8 Å². The Labute approximate surface area is 214 Å². The van der Waals surface area contributed by atoms with Crippen molar-refractivity contribution in [2.24, 2.45) is 0 Å². The average Bonchev–Trinajstić information content (AvgIpc) is 2.85. The molecule has 0 atom stereocenters. The molecule has 7 nitrogen and oxygen atoms in total. The maximum absolute atomic E-state index is 12.5. The van der Waals surface area contributed by atoms with Crippen LogP contribution in [0.3, 0.4) is 0 Å². The number of carbonyl (C=O) groups excluding carboxylic acids is 1. The molecule has 192 valence electrons. The van der Waals surface area contributed by atoms with Crippen LogP contribution in [0.5, 0.6) is 11.5 Å². The number of benzene rings is 3. The van der Waals surface area contributed by atoms with E-state index in [1.165, 1.54) is 16.1 Å². The molecule has 0 aliphatic heterocycles. The van der Waals surface area contributed by atoms with Crippen molar-refractivity contribution in [2.75, 3.05) is 23.7 Å². The highest BCUT2D eigenvalue weighted by Gasteiger charge is 2.19. The van der Waals surface area contributed by atoms with Gasteiger partial charge in [-0.05, 0) is 67.8 Å². The highest BCUT2D eigenvalue weighted by Crippen LogP contribution is 2.26. The standard InChI is InChI=1S/C28H34N2O5S/c1-5-22-11-15-26(16-12-22)34-18-17-29-28(31)24-13-9-23(10-14-24)20-30(36(4,32)33)25-7-6-8-27(19-25)35-21(2)3/h6-16,19,21H,5,17-18,20H2,1-4H3,(H,29,31). The Bertz CT molecular complexity index is 1240. The molecule has 0 spiro atoms. The quantitative estimate of drug-likeness (QED) is 0.354. The van der Waals surface area contributed by atoms with Crippen LogP contribution in [0.15, 0.2) is 72.8 Å². The number of anilines is 1. The molecule has 0 radical (unpaired) electrons. The van der Waals surface area contributed by atoms with Gasteiger partial charge >= 0.3 is 0 Å². The largest absolute Gasteiger partial charge is 0.492 e. The smallest absolute Gasteiger partial charge is 0.251 e. The number of nitrogens with zero attached hydrogens (tertiary/aromatic N) is 1. The van der Waals surface area contributed by atoms with E-state index < -0.39 is 10.0 Å². The molecule has 0 unspecified atom stereocenters. The lowest BCUT2D eigenvalue weighted by molar-refractivity contribution is 0.0947. The van der Waals surface area contributed by atoms with Gasteiger partial charge in [0.05, 0.1) is 31.1 Å². The van der Waals surface area contributed by atoms with Crippen LogP contribution in [-0.4, -0.2) is 39.8 Å². The zero-order chi connectivity index (χ0) is 26.1. The topological polar surface area (TPSA) is 84.9 Å². The van der Waals surface area contributed by atoms with Gasteiger partial charge in [0, 0.05) is 11.6 Å². The normalized spacial score (nSPS) is 11.2. The minimum absolute atomic E-state index is 0.0236. The molecule has 0 saturated heterocycles. The van der Waals surface area contributed by atoms with E-state index in [1.54, 1.807) is 48.5 Å². The summed E-state index contributed by atoms with van der Waals surface area (Å²) in [4.78, 5) is 12.5. The van der Waals surface area contributed by atoms with Crippen LogP contribution in [0, 0.1) is 0 Å². The molecular formula is C28H34N2O5S. The van der Waals surface area contributed by atoms with Gasteiger partial charge in [0.15, 0.2) is 0 Å². The van der Waals surface area contributed by atoms with E-state index in [1.807, 2.05) is 38.1 Å². The van der Waals surface area contributed by atoms with Gasteiger partial charge in [-0.1, -0.05) is 37.3 Å². The minimum atomic E-state index is -3.55. The van der Waals surface area contributed by atoms with E-state index in [4.69, 9.17) is 9.47 Å². The van der Waals surface area contributed by atoms with Crippen LogP contribution in [0.2, 0.25) is 0 Å². The van der Waals surface area contributed by atoms with Crippen molar-refractivity contribution in [1.29, 1.82) is 0 Å². The van der Waals surface area contributed by atoms with E-state index >= 15 is 0 Å². The molecule has 0 saturated carbocycles. The van der Waals surface area contributed by atoms with E-state index in [9.17, 15) is 13.2 Å². The summed E-state index contributed by atoms with van der Waals surface area (Å²) in [6, 6.07) is 21.8. The summed E-state index contributed by atoms with van der Waals surface area (Å²) in [5.41, 5.74) is 3.00. The second kappa shape index (κ2) is 12.4. The molecular weight excluding hydrogens is 476 g/mol. The lowest BCUT2D eigenvalue weighted by Crippen LogP contribution is -2.29. The third-order valence-corrected chi connectivity index (χ3v) is 6.55. The van der Waals surface area contributed by atoms with E-state index in [2.05, 4.69) is 12.2 Å². The number of aryl methyl sites for hydroxylation is 1. The maximum Gasteiger partial charge on any atom is 0.251 e. The number of nitrogens with one attached hydrogen (secondary N) is 1. The molecule has 3 rings (SSSR count). The van der Waals surface area contributed by atoms with Gasteiger partial charge in [-0.25, -0.2) is 8.42 Å². The summed E-state index contributed by atoms with van der Waals surface area (Å²) >= 11 is 0. The van der Waals surface area contributed by atoms with Crippen molar-refractivity contribution in [3.8, 4) is 11.5 Å². The Balaban J connectivity index is 1.58. The van der Waals surface area contributed by atoms with Gasteiger partial charge in [0.25, 0.3) is 5.91 Å². The first-order valence-electron chi connectivity index (χ1n) is 12.0. The third kappa shape index (κ3) is 8.02. The molecule has 0 bridgehead atoms. The predicted molar refractivity (Wildman–Crippen MR) is 143 cm³/mol. The Morgan fingerprint density at radius 2 is 1.61 bits per heavy atom. The number of amides is 1. The molecule has 1 N–H and O–H groups in total. The van der Waals surface area contributed by atoms with Crippen LogP contribution in [0.1, 0.15) is 42.3 Å². The van der Waals surface area contributed by atoms with Crippen molar-refractivity contribution in [2.45, 2.75) is 39.8 Å². The van der Waals surface area contributed by atoms with E-state index in [0.29, 0.717) is 30.2 Å². The van der Waals surface area contributed by atoms with Crippen molar-refractivity contribution in [1.82, 2.24) is 5.32 Å². The third-order valence-electron chi connectivity index (χ3n) is 5.41. The molecule has 1 amide bonds. The van der Waals surface area contributed by atoms with Crippen molar-refractivity contribution < 1.29 is 22.7 Å². The number of hydrogen-bond acceptors (Lipinski definition) is 5. The van der Waals surface area contributed by atoms with Gasteiger partial charge in [0.2, 0.25) is 10.0 Å². The SMILES string of the molecule is CCc1ccc(OCCNC(=O)c2ccc(CN(c3cccc(OC(C)C)c3)S(C)(=O)=O)cc2)cc1. The number of ether oxygens (including phenoxy) is 2. The highest BCUT2D eigenvalue weighted by atomic mass is 32.2. The Hall–Kier alpha value is -3.52. The molecule has 0 heterocycles. The molecule has 0 aliphatic carbocycles. The summed E-state index contributed by atoms with van der Waals surface area (Å²) in [6.07, 6.45) is 2.12. The zero-order valence-corrected chi connectivity index (χ0v) is 22.0. The number of carbonyl (C=O) groups is 1. The van der Waals surface area contributed by atoms with Crippen LogP contribution >= 0.6 is 0 Å². The van der Waals surface area contributed by atoms with Gasteiger partial charge in [-0.3, -0.25) is 9.10 Å². The molecule has 8 heteroatoms. The fourth-order valence-electron chi connectivity index (χ4n) is 3.57. The van der Waals surface area contributed by atoms with Crippen LogP contribution < -0.4 is 19.1 Å². The van der Waals surface area contributed by atoms with Crippen LogP contribution in [0.25, 0.3) is 0 Å². The zero-order valence-electron chi connectivity index (χ0n) is 21.2. The average molecular weight is 511 g/mol. The summed E-state index contributed by atoms with van der Waals surface area (Å²) in [5, 5.41) is 2.84. The van der Waals surface area contributed by atoms with Crippen molar-refractivity contribution in [3.63, 3.8) is 0 Å². The Morgan fingerprint density at radius 3 is 2.22 bits per heavy atom. The molecule has 36 heavy (non-hydrogen) atoms. The van der Waals surface area contributed by atoms with E-state index in [0.717, 1.165) is 17.7 Å². The summed E-state index contributed by atoms with van der Waals surface area (Å²) in [5.74, 6) is 1.15. The first kappa shape index (κ1) is 27.1. The lowest BCUT2D eigenvalue weighted by Gasteiger charge is -2.23. The number of sulfonamides is 1. The van der Waals surface area contributed by atoms with Crippen molar-refractivity contribution in [3.05, 3.63) is 89.5 Å². The van der Waals surface area contributed by atoms with Gasteiger partial charge in [-0.2, -0.15) is 0 Å². The Morgan fingerprint density at radius 1 is 0.944 bits per heavy atom. The van der Waals surface area contributed by atoms with Crippen molar-refractivity contribution >= 4 is 21.6 Å². The van der Waals surface area contributed by atoms with Gasteiger partial charge in [0.1, 0.15) is 18.1 Å². The second-order valence-electron chi connectivity index (χ2n) is 8.73. The first-order valence-corrected chi connectivity index (χ1v) is 13.8. The van der Waals surface area contributed by atoms with Gasteiger partial charge in [-0.15, -0.1) is 0 Å². The lowest BCUT2D eigenvalue weighted by atomic mass is 10.1. The summed E-state index contributed by atoms with van der Waals surface area (Å²) in [7, 11) is -3.55. The number of rotatable bonds is 12. The van der Waals surface area contributed by atoms with Crippen LogP contribution in [-0.2, 0) is 23.0 Å². The maximum atomic E-state index is 12.5. The molecule has 3 aromatic rings. The Kier molecular flexibility index (Phi) is 9.36. The summed E-state index contributed by atoms with van der Waals surface area (Å²) in [6.45, 7) is 6.79. The fourth-order valence-corrected chi connectivity index (χ4v) is 4.45. The predicted octanol–water partition coefficient (Wildman–Crippen LogP) is 4.81. The molecule has 0 aromatic heterocycles. The molecule has 0 aliphatic rings. The van der Waals surface area contributed by atoms with Crippen LogP contribution in [0.4, 0.5) is 5.69 Å².